The number of amides is 1. The number of para-hydroxylation sites is 1. The summed E-state index contributed by atoms with van der Waals surface area (Å²) < 4.78 is 14.4. The lowest BCUT2D eigenvalue weighted by atomic mass is 10.1. The molecule has 0 saturated heterocycles. The van der Waals surface area contributed by atoms with Crippen molar-refractivity contribution in [1.82, 2.24) is 4.57 Å². The quantitative estimate of drug-likeness (QED) is 0.413. The topological polar surface area (TPSA) is 56.7 Å². The first kappa shape index (κ1) is 17.7. The van der Waals surface area contributed by atoms with E-state index in [1.54, 1.807) is 6.07 Å². The van der Waals surface area contributed by atoms with Gasteiger partial charge in [0, 0.05) is 17.8 Å². The molecule has 144 valence electrons. The Balaban J connectivity index is 1.63. The zero-order valence-electron chi connectivity index (χ0n) is 16.0. The van der Waals surface area contributed by atoms with Crippen LogP contribution in [0.2, 0.25) is 0 Å². The molecule has 0 aliphatic rings. The molecule has 6 heteroatoms. The number of hydrogen-bond donors (Lipinski definition) is 0. The molecule has 0 fully saturated rings. The number of ether oxygens (including phenoxy) is 1. The molecule has 2 heterocycles. The van der Waals surface area contributed by atoms with Gasteiger partial charge in [-0.2, -0.15) is 4.99 Å². The van der Waals surface area contributed by atoms with Crippen LogP contribution in [-0.2, 0) is 7.05 Å². The molecule has 0 spiro atoms. The maximum absolute atomic E-state index is 12.8. The minimum absolute atomic E-state index is 0.203. The first-order valence-corrected chi connectivity index (χ1v) is 10.2. The van der Waals surface area contributed by atoms with E-state index < -0.39 is 5.91 Å². The SMILES string of the molecule is CCOc1cccc2cc(C(=O)N=c3sc4c5ccccc5ccc4n3C)oc12. The number of furan rings is 1. The van der Waals surface area contributed by atoms with E-state index in [1.807, 2.05) is 48.9 Å². The van der Waals surface area contributed by atoms with Crippen LogP contribution in [0.15, 0.2) is 70.1 Å². The molecule has 0 N–H and O–H groups in total. The van der Waals surface area contributed by atoms with Crippen LogP contribution in [-0.4, -0.2) is 17.1 Å². The fourth-order valence-electron chi connectivity index (χ4n) is 3.52. The Morgan fingerprint density at radius 2 is 1.93 bits per heavy atom. The molecule has 0 saturated carbocycles. The largest absolute Gasteiger partial charge is 0.490 e. The minimum atomic E-state index is -0.407. The third-order valence-corrected chi connectivity index (χ3v) is 6.10. The molecule has 2 aromatic heterocycles. The van der Waals surface area contributed by atoms with E-state index in [0.29, 0.717) is 22.7 Å². The second-order valence-electron chi connectivity index (χ2n) is 6.71. The van der Waals surface area contributed by atoms with E-state index in [9.17, 15) is 4.79 Å². The molecule has 5 aromatic rings. The van der Waals surface area contributed by atoms with Crippen molar-refractivity contribution in [2.75, 3.05) is 6.61 Å². The van der Waals surface area contributed by atoms with Crippen molar-refractivity contribution in [1.29, 1.82) is 0 Å². The highest BCUT2D eigenvalue weighted by atomic mass is 32.1. The zero-order valence-corrected chi connectivity index (χ0v) is 16.8. The Labute approximate surface area is 170 Å². The summed E-state index contributed by atoms with van der Waals surface area (Å²) in [5.41, 5.74) is 1.61. The van der Waals surface area contributed by atoms with Crippen LogP contribution in [0.1, 0.15) is 17.5 Å². The molecule has 0 unspecified atom stereocenters. The van der Waals surface area contributed by atoms with Gasteiger partial charge in [0.2, 0.25) is 0 Å². The predicted octanol–water partition coefficient (Wildman–Crippen LogP) is 5.28. The molecule has 1 amide bonds. The lowest BCUT2D eigenvalue weighted by Crippen LogP contribution is -2.12. The van der Waals surface area contributed by atoms with Gasteiger partial charge in [-0.3, -0.25) is 4.79 Å². The maximum Gasteiger partial charge on any atom is 0.315 e. The van der Waals surface area contributed by atoms with Crippen molar-refractivity contribution in [2.24, 2.45) is 12.0 Å². The van der Waals surface area contributed by atoms with Crippen LogP contribution in [0.3, 0.4) is 0 Å². The van der Waals surface area contributed by atoms with Crippen LogP contribution in [0.5, 0.6) is 5.75 Å². The Hall–Kier alpha value is -3.38. The highest BCUT2D eigenvalue weighted by molar-refractivity contribution is 7.17. The molecule has 0 atom stereocenters. The third-order valence-electron chi connectivity index (χ3n) is 4.92. The van der Waals surface area contributed by atoms with E-state index in [0.717, 1.165) is 21.0 Å². The molecule has 3 aromatic carbocycles. The number of benzene rings is 3. The lowest BCUT2D eigenvalue weighted by Gasteiger charge is -2.01. The summed E-state index contributed by atoms with van der Waals surface area (Å²) in [6, 6.07) is 19.7. The molecule has 0 bridgehead atoms. The smallest absolute Gasteiger partial charge is 0.315 e. The second-order valence-corrected chi connectivity index (χ2v) is 7.69. The van der Waals surface area contributed by atoms with Gasteiger partial charge in [0.25, 0.3) is 0 Å². The Morgan fingerprint density at radius 1 is 1.10 bits per heavy atom. The summed E-state index contributed by atoms with van der Waals surface area (Å²) in [7, 11) is 1.92. The van der Waals surface area contributed by atoms with Gasteiger partial charge in [-0.25, -0.2) is 0 Å². The standard InChI is InChI=1S/C23H18N2O3S/c1-3-27-18-10-6-8-15-13-19(28-20(15)18)22(26)24-23-25(2)17-12-11-14-7-4-5-9-16(14)21(17)29-23/h4-13H,3H2,1-2H3. The molecular weight excluding hydrogens is 384 g/mol. The molecule has 29 heavy (non-hydrogen) atoms. The Bertz CT molecular complexity index is 1460. The summed E-state index contributed by atoms with van der Waals surface area (Å²) in [5, 5.41) is 3.14. The number of thiazole rings is 1. The van der Waals surface area contributed by atoms with Crippen molar-refractivity contribution in [2.45, 2.75) is 6.92 Å². The highest BCUT2D eigenvalue weighted by Crippen LogP contribution is 2.30. The summed E-state index contributed by atoms with van der Waals surface area (Å²) in [6.45, 7) is 2.44. The van der Waals surface area contributed by atoms with Crippen LogP contribution in [0, 0.1) is 0 Å². The van der Waals surface area contributed by atoms with Gasteiger partial charge < -0.3 is 13.7 Å². The minimum Gasteiger partial charge on any atom is -0.490 e. The molecule has 5 nitrogen and oxygen atoms in total. The Kier molecular flexibility index (Phi) is 4.21. The molecule has 5 rings (SSSR count). The monoisotopic (exact) mass is 402 g/mol. The van der Waals surface area contributed by atoms with Crippen LogP contribution < -0.4 is 9.54 Å². The Morgan fingerprint density at radius 3 is 2.79 bits per heavy atom. The second kappa shape index (κ2) is 6.90. The number of rotatable bonds is 3. The molecule has 0 aliphatic carbocycles. The molecular formula is C23H18N2O3S. The summed E-state index contributed by atoms with van der Waals surface area (Å²) in [4.78, 5) is 17.8. The predicted molar refractivity (Wildman–Crippen MR) is 116 cm³/mol. The van der Waals surface area contributed by atoms with Crippen LogP contribution >= 0.6 is 11.3 Å². The van der Waals surface area contributed by atoms with Crippen molar-refractivity contribution in [3.63, 3.8) is 0 Å². The van der Waals surface area contributed by atoms with E-state index in [4.69, 9.17) is 9.15 Å². The average molecular weight is 402 g/mol. The third kappa shape index (κ3) is 2.93. The summed E-state index contributed by atoms with van der Waals surface area (Å²) >= 11 is 1.50. The number of fused-ring (bicyclic) bond motifs is 4. The van der Waals surface area contributed by atoms with Gasteiger partial charge in [-0.15, -0.1) is 0 Å². The van der Waals surface area contributed by atoms with E-state index in [-0.39, 0.29) is 5.76 Å². The normalized spacial score (nSPS) is 12.3. The van der Waals surface area contributed by atoms with E-state index >= 15 is 0 Å². The fourth-order valence-corrected chi connectivity index (χ4v) is 4.67. The number of aryl methyl sites for hydroxylation is 1. The number of carbonyl (C=O) groups is 1. The lowest BCUT2D eigenvalue weighted by molar-refractivity contribution is 0.0973. The molecule has 0 aliphatic heterocycles. The summed E-state index contributed by atoms with van der Waals surface area (Å²) in [5.74, 6) is 0.424. The van der Waals surface area contributed by atoms with Crippen LogP contribution in [0.25, 0.3) is 32.0 Å². The zero-order chi connectivity index (χ0) is 20.0. The fraction of sp³-hybridized carbons (Fsp3) is 0.130. The van der Waals surface area contributed by atoms with Gasteiger partial charge in [0.05, 0.1) is 16.8 Å². The van der Waals surface area contributed by atoms with Crippen molar-refractivity contribution >= 4 is 49.2 Å². The van der Waals surface area contributed by atoms with Crippen LogP contribution in [0.4, 0.5) is 0 Å². The number of aromatic nitrogens is 1. The van der Waals surface area contributed by atoms with Crippen molar-refractivity contribution in [3.8, 4) is 5.75 Å². The summed E-state index contributed by atoms with van der Waals surface area (Å²) in [6.07, 6.45) is 0. The first-order valence-electron chi connectivity index (χ1n) is 9.37. The van der Waals surface area contributed by atoms with Crippen molar-refractivity contribution < 1.29 is 13.9 Å². The van der Waals surface area contributed by atoms with Gasteiger partial charge in [-0.05, 0) is 30.5 Å². The first-order chi connectivity index (χ1) is 14.2. The highest BCUT2D eigenvalue weighted by Gasteiger charge is 2.15. The maximum atomic E-state index is 12.8. The van der Waals surface area contributed by atoms with Gasteiger partial charge in [0.15, 0.2) is 21.9 Å². The van der Waals surface area contributed by atoms with Gasteiger partial charge in [0.1, 0.15) is 0 Å². The number of hydrogen-bond acceptors (Lipinski definition) is 4. The average Bonchev–Trinajstić information content (AvgIpc) is 3.31. The number of carbonyl (C=O) groups excluding carboxylic acids is 1. The van der Waals surface area contributed by atoms with E-state index in [2.05, 4.69) is 29.3 Å². The van der Waals surface area contributed by atoms with Gasteiger partial charge in [-0.1, -0.05) is 53.8 Å². The van der Waals surface area contributed by atoms with Crippen molar-refractivity contribution in [3.05, 3.63) is 71.2 Å². The number of nitrogens with zero attached hydrogens (tertiary/aromatic N) is 2. The van der Waals surface area contributed by atoms with E-state index in [1.165, 1.54) is 16.7 Å². The van der Waals surface area contributed by atoms with Gasteiger partial charge >= 0.3 is 5.91 Å². The molecule has 0 radical (unpaired) electrons.